The predicted molar refractivity (Wildman–Crippen MR) is 143 cm³/mol. The summed E-state index contributed by atoms with van der Waals surface area (Å²) in [6, 6.07) is 23.7. The SMILES string of the molecule is Cc1cccc(OCCCOc2ccc(/C=C3/SC(=S)N(Cc4ccccc4)C3=O)cc2)c1C. The third-order valence-electron chi connectivity index (χ3n) is 5.60. The molecule has 1 fully saturated rings. The molecule has 3 aromatic carbocycles. The van der Waals surface area contributed by atoms with Crippen molar-refractivity contribution < 1.29 is 14.3 Å². The maximum Gasteiger partial charge on any atom is 0.266 e. The van der Waals surface area contributed by atoms with Gasteiger partial charge in [-0.1, -0.05) is 78.6 Å². The summed E-state index contributed by atoms with van der Waals surface area (Å²) in [5.74, 6) is 1.67. The van der Waals surface area contributed by atoms with Crippen molar-refractivity contribution in [3.8, 4) is 11.5 Å². The Balaban J connectivity index is 1.26. The molecule has 0 bridgehead atoms. The van der Waals surface area contributed by atoms with Crippen LogP contribution in [0.15, 0.2) is 77.7 Å². The first-order chi connectivity index (χ1) is 16.5. The van der Waals surface area contributed by atoms with Crippen molar-refractivity contribution in [3.05, 3.63) is 100.0 Å². The van der Waals surface area contributed by atoms with Crippen molar-refractivity contribution in [2.24, 2.45) is 0 Å². The third-order valence-corrected chi connectivity index (χ3v) is 6.98. The van der Waals surface area contributed by atoms with Gasteiger partial charge in [-0.05, 0) is 60.4 Å². The average molecular weight is 490 g/mol. The smallest absolute Gasteiger partial charge is 0.266 e. The van der Waals surface area contributed by atoms with E-state index in [4.69, 9.17) is 21.7 Å². The van der Waals surface area contributed by atoms with Crippen molar-refractivity contribution in [2.75, 3.05) is 13.2 Å². The second-order valence-corrected chi connectivity index (χ2v) is 9.75. The van der Waals surface area contributed by atoms with Crippen LogP contribution in [-0.4, -0.2) is 28.3 Å². The molecule has 0 aromatic heterocycles. The van der Waals surface area contributed by atoms with Crippen molar-refractivity contribution >= 4 is 40.3 Å². The molecule has 0 spiro atoms. The second-order valence-electron chi connectivity index (χ2n) is 8.07. The fraction of sp³-hybridized carbons (Fsp3) is 0.214. The first-order valence-corrected chi connectivity index (χ1v) is 12.4. The lowest BCUT2D eigenvalue weighted by atomic mass is 10.1. The van der Waals surface area contributed by atoms with Crippen LogP contribution in [0.25, 0.3) is 6.08 Å². The molecule has 6 heteroatoms. The highest BCUT2D eigenvalue weighted by Gasteiger charge is 2.31. The van der Waals surface area contributed by atoms with Crippen LogP contribution in [-0.2, 0) is 11.3 Å². The number of nitrogens with zero attached hydrogens (tertiary/aromatic N) is 1. The Morgan fingerprint density at radius 2 is 1.65 bits per heavy atom. The van der Waals surface area contributed by atoms with E-state index in [1.807, 2.05) is 72.8 Å². The first-order valence-electron chi connectivity index (χ1n) is 11.2. The van der Waals surface area contributed by atoms with Crippen LogP contribution in [0, 0.1) is 13.8 Å². The molecule has 1 aliphatic heterocycles. The molecule has 1 heterocycles. The minimum absolute atomic E-state index is 0.0528. The Hall–Kier alpha value is -3.09. The maximum atomic E-state index is 12.8. The van der Waals surface area contributed by atoms with Crippen LogP contribution in [0.1, 0.15) is 28.7 Å². The van der Waals surface area contributed by atoms with Gasteiger partial charge in [0.05, 0.1) is 24.7 Å². The molecule has 0 aliphatic carbocycles. The van der Waals surface area contributed by atoms with Gasteiger partial charge in [-0.2, -0.15) is 0 Å². The summed E-state index contributed by atoms with van der Waals surface area (Å²) in [5.41, 5.74) is 4.40. The molecule has 0 N–H and O–H groups in total. The number of amides is 1. The van der Waals surface area contributed by atoms with E-state index in [0.29, 0.717) is 29.0 Å². The molecule has 0 unspecified atom stereocenters. The zero-order chi connectivity index (χ0) is 23.9. The Labute approximate surface area is 210 Å². The molecule has 0 radical (unpaired) electrons. The summed E-state index contributed by atoms with van der Waals surface area (Å²) in [6.45, 7) is 5.82. The monoisotopic (exact) mass is 489 g/mol. The van der Waals surface area contributed by atoms with Crippen LogP contribution >= 0.6 is 24.0 Å². The number of carbonyl (C=O) groups excluding carboxylic acids is 1. The summed E-state index contributed by atoms with van der Waals surface area (Å²) >= 11 is 6.78. The second kappa shape index (κ2) is 11.4. The Kier molecular flexibility index (Phi) is 8.03. The number of hydrogen-bond donors (Lipinski definition) is 0. The minimum atomic E-state index is -0.0528. The molecule has 1 aliphatic rings. The zero-order valence-electron chi connectivity index (χ0n) is 19.3. The van der Waals surface area contributed by atoms with Gasteiger partial charge in [0.15, 0.2) is 0 Å². The van der Waals surface area contributed by atoms with Gasteiger partial charge in [-0.15, -0.1) is 0 Å². The minimum Gasteiger partial charge on any atom is -0.493 e. The number of hydrogen-bond acceptors (Lipinski definition) is 5. The molecule has 0 saturated carbocycles. The molecular formula is C28H27NO3S2. The molecule has 0 atom stereocenters. The lowest BCUT2D eigenvalue weighted by Gasteiger charge is -2.14. The van der Waals surface area contributed by atoms with Crippen molar-refractivity contribution in [3.63, 3.8) is 0 Å². The van der Waals surface area contributed by atoms with Gasteiger partial charge in [0, 0.05) is 6.42 Å². The topological polar surface area (TPSA) is 38.8 Å². The van der Waals surface area contributed by atoms with Gasteiger partial charge in [-0.25, -0.2) is 0 Å². The van der Waals surface area contributed by atoms with Crippen molar-refractivity contribution in [1.29, 1.82) is 0 Å². The molecule has 34 heavy (non-hydrogen) atoms. The molecule has 4 nitrogen and oxygen atoms in total. The van der Waals surface area contributed by atoms with Gasteiger partial charge >= 0.3 is 0 Å². The first kappa shape index (κ1) is 24.0. The lowest BCUT2D eigenvalue weighted by molar-refractivity contribution is -0.122. The highest BCUT2D eigenvalue weighted by Crippen LogP contribution is 2.33. The van der Waals surface area contributed by atoms with E-state index in [1.165, 1.54) is 22.9 Å². The Morgan fingerprint density at radius 1 is 0.912 bits per heavy atom. The fourth-order valence-corrected chi connectivity index (χ4v) is 4.78. The molecule has 3 aromatic rings. The number of benzene rings is 3. The van der Waals surface area contributed by atoms with Crippen molar-refractivity contribution in [2.45, 2.75) is 26.8 Å². The molecular weight excluding hydrogens is 462 g/mol. The van der Waals surface area contributed by atoms with E-state index < -0.39 is 0 Å². The van der Waals surface area contributed by atoms with Crippen LogP contribution in [0.5, 0.6) is 11.5 Å². The van der Waals surface area contributed by atoms with Gasteiger partial charge in [0.25, 0.3) is 5.91 Å². The normalized spacial score (nSPS) is 14.6. The number of rotatable bonds is 9. The highest BCUT2D eigenvalue weighted by atomic mass is 32.2. The highest BCUT2D eigenvalue weighted by molar-refractivity contribution is 8.26. The van der Waals surface area contributed by atoms with E-state index in [1.54, 1.807) is 4.90 Å². The summed E-state index contributed by atoms with van der Waals surface area (Å²) in [5, 5.41) is 0. The quantitative estimate of drug-likeness (QED) is 0.194. The van der Waals surface area contributed by atoms with E-state index >= 15 is 0 Å². The summed E-state index contributed by atoms with van der Waals surface area (Å²) in [6.07, 6.45) is 2.67. The summed E-state index contributed by atoms with van der Waals surface area (Å²) < 4.78 is 12.3. The molecule has 1 saturated heterocycles. The fourth-order valence-electron chi connectivity index (χ4n) is 3.53. The number of thioether (sulfide) groups is 1. The number of aryl methyl sites for hydroxylation is 1. The van der Waals surface area contributed by atoms with Crippen molar-refractivity contribution in [1.82, 2.24) is 4.90 Å². The average Bonchev–Trinajstić information content (AvgIpc) is 3.10. The van der Waals surface area contributed by atoms with E-state index in [2.05, 4.69) is 19.9 Å². The number of ether oxygens (including phenoxy) is 2. The molecule has 4 rings (SSSR count). The van der Waals surface area contributed by atoms with E-state index in [0.717, 1.165) is 29.0 Å². The van der Waals surface area contributed by atoms with Crippen LogP contribution in [0.4, 0.5) is 0 Å². The largest absolute Gasteiger partial charge is 0.493 e. The Bertz CT molecular complexity index is 1190. The maximum absolute atomic E-state index is 12.8. The summed E-state index contributed by atoms with van der Waals surface area (Å²) in [4.78, 5) is 15.1. The summed E-state index contributed by atoms with van der Waals surface area (Å²) in [7, 11) is 0. The third kappa shape index (κ3) is 6.07. The van der Waals surface area contributed by atoms with Crippen LogP contribution in [0.3, 0.4) is 0 Å². The van der Waals surface area contributed by atoms with Gasteiger partial charge in [0.2, 0.25) is 0 Å². The number of thiocarbonyl (C=S) groups is 1. The Morgan fingerprint density at radius 3 is 2.41 bits per heavy atom. The molecule has 174 valence electrons. The predicted octanol–water partition coefficient (Wildman–Crippen LogP) is 6.55. The molecule has 1 amide bonds. The number of carbonyl (C=O) groups is 1. The van der Waals surface area contributed by atoms with Gasteiger partial charge in [-0.3, -0.25) is 9.69 Å². The van der Waals surface area contributed by atoms with E-state index in [-0.39, 0.29) is 5.91 Å². The van der Waals surface area contributed by atoms with E-state index in [9.17, 15) is 4.79 Å². The van der Waals surface area contributed by atoms with Crippen LogP contribution < -0.4 is 9.47 Å². The zero-order valence-corrected chi connectivity index (χ0v) is 21.0. The van der Waals surface area contributed by atoms with Crippen LogP contribution in [0.2, 0.25) is 0 Å². The van der Waals surface area contributed by atoms with Gasteiger partial charge < -0.3 is 9.47 Å². The lowest BCUT2D eigenvalue weighted by Crippen LogP contribution is -2.27. The van der Waals surface area contributed by atoms with Gasteiger partial charge in [0.1, 0.15) is 15.8 Å². The standard InChI is InChI=1S/C28H27NO3S2/c1-20-8-6-11-25(21(20)2)32-17-7-16-31-24-14-12-22(13-15-24)18-26-27(30)29(28(33)34-26)19-23-9-4-3-5-10-23/h3-6,8-15,18H,7,16-17,19H2,1-2H3/b26-18+.